The molecular formula is C25H29N5O4. The standard InChI is InChI=1S/C25H29N5O4/c1-30-15-16(5-8-19-9-6-17-4-3-11-26-24(17)28-19)12-21(30)25(33)29-20(13-23(31)32)18-7-10-22(34-2)27-14-18/h6-7,9-10,12,14-15,20H,3-5,8,11,13H2,1-2H3,(H,26,28)(H,29,33)(H,31,32). The maximum absolute atomic E-state index is 13.0. The average Bonchev–Trinajstić information content (AvgIpc) is 3.22. The molecule has 0 bridgehead atoms. The number of rotatable bonds is 9. The molecule has 3 N–H and O–H groups in total. The number of aliphatic carboxylic acids is 1. The van der Waals surface area contributed by atoms with E-state index in [0.717, 1.165) is 49.3 Å². The van der Waals surface area contributed by atoms with E-state index in [1.165, 1.54) is 18.9 Å². The molecular weight excluding hydrogens is 434 g/mol. The number of hydrogen-bond acceptors (Lipinski definition) is 6. The lowest BCUT2D eigenvalue weighted by atomic mass is 10.0. The third kappa shape index (κ3) is 5.54. The number of carbonyl (C=O) groups is 2. The second-order valence-corrected chi connectivity index (χ2v) is 8.44. The Morgan fingerprint density at radius 1 is 1.26 bits per heavy atom. The summed E-state index contributed by atoms with van der Waals surface area (Å²) in [4.78, 5) is 33.3. The number of hydrogen-bond donors (Lipinski definition) is 3. The molecule has 0 fully saturated rings. The van der Waals surface area contributed by atoms with Gasteiger partial charge < -0.3 is 25.0 Å². The summed E-state index contributed by atoms with van der Waals surface area (Å²) in [6, 6.07) is 8.69. The van der Waals surface area contributed by atoms with E-state index in [9.17, 15) is 14.7 Å². The quantitative estimate of drug-likeness (QED) is 0.446. The van der Waals surface area contributed by atoms with Crippen LogP contribution in [0, 0.1) is 0 Å². The average molecular weight is 464 g/mol. The highest BCUT2D eigenvalue weighted by Crippen LogP contribution is 2.22. The molecule has 1 aliphatic heterocycles. The summed E-state index contributed by atoms with van der Waals surface area (Å²) >= 11 is 0. The van der Waals surface area contributed by atoms with Crippen LogP contribution < -0.4 is 15.4 Å². The normalized spacial score (nSPS) is 13.5. The summed E-state index contributed by atoms with van der Waals surface area (Å²) in [5.74, 6) is 0.0439. The van der Waals surface area contributed by atoms with Crippen LogP contribution in [-0.4, -0.2) is 45.2 Å². The molecule has 4 rings (SSSR count). The third-order valence-corrected chi connectivity index (χ3v) is 5.97. The molecule has 4 heterocycles. The number of fused-ring (bicyclic) bond motifs is 1. The Balaban J connectivity index is 1.43. The SMILES string of the molecule is COc1ccc(C(CC(=O)O)NC(=O)c2cc(CCc3ccc4c(n3)NCCC4)cn2C)cn1. The molecule has 0 aromatic carbocycles. The Hall–Kier alpha value is -3.88. The molecule has 1 unspecified atom stereocenters. The predicted octanol–water partition coefficient (Wildman–Crippen LogP) is 2.91. The van der Waals surface area contributed by atoms with Crippen molar-refractivity contribution in [3.05, 3.63) is 70.8 Å². The number of ether oxygens (including phenoxy) is 1. The van der Waals surface area contributed by atoms with Crippen LogP contribution in [0.3, 0.4) is 0 Å². The van der Waals surface area contributed by atoms with E-state index in [4.69, 9.17) is 9.72 Å². The van der Waals surface area contributed by atoms with Crippen LogP contribution in [0.2, 0.25) is 0 Å². The summed E-state index contributed by atoms with van der Waals surface area (Å²) in [5.41, 5.74) is 4.35. The van der Waals surface area contributed by atoms with E-state index in [-0.39, 0.29) is 12.3 Å². The smallest absolute Gasteiger partial charge is 0.305 e. The van der Waals surface area contributed by atoms with Crippen molar-refractivity contribution in [1.29, 1.82) is 0 Å². The van der Waals surface area contributed by atoms with Crippen LogP contribution >= 0.6 is 0 Å². The lowest BCUT2D eigenvalue weighted by Crippen LogP contribution is -2.31. The Labute approximate surface area is 198 Å². The van der Waals surface area contributed by atoms with Gasteiger partial charge in [-0.1, -0.05) is 12.1 Å². The predicted molar refractivity (Wildman–Crippen MR) is 127 cm³/mol. The second kappa shape index (κ2) is 10.4. The van der Waals surface area contributed by atoms with E-state index in [0.29, 0.717) is 17.1 Å². The van der Waals surface area contributed by atoms with Gasteiger partial charge in [0.1, 0.15) is 11.5 Å². The number of carboxylic acid groups (broad SMARTS) is 1. The van der Waals surface area contributed by atoms with Crippen LogP contribution in [0.15, 0.2) is 42.7 Å². The zero-order chi connectivity index (χ0) is 24.1. The minimum atomic E-state index is -1.01. The maximum atomic E-state index is 13.0. The fourth-order valence-electron chi connectivity index (χ4n) is 4.15. The molecule has 9 nitrogen and oxygen atoms in total. The number of anilines is 1. The molecule has 9 heteroatoms. The zero-order valence-corrected chi connectivity index (χ0v) is 19.4. The van der Waals surface area contributed by atoms with Gasteiger partial charge in [-0.3, -0.25) is 9.59 Å². The van der Waals surface area contributed by atoms with Gasteiger partial charge >= 0.3 is 5.97 Å². The van der Waals surface area contributed by atoms with Crippen molar-refractivity contribution in [2.75, 3.05) is 19.0 Å². The first-order valence-corrected chi connectivity index (χ1v) is 11.3. The van der Waals surface area contributed by atoms with Gasteiger partial charge in [0, 0.05) is 37.7 Å². The molecule has 34 heavy (non-hydrogen) atoms. The van der Waals surface area contributed by atoms with Gasteiger partial charge in [-0.05, 0) is 54.5 Å². The first-order chi connectivity index (χ1) is 16.4. The number of nitrogens with one attached hydrogen (secondary N) is 2. The van der Waals surface area contributed by atoms with E-state index in [1.54, 1.807) is 23.7 Å². The van der Waals surface area contributed by atoms with Crippen molar-refractivity contribution in [1.82, 2.24) is 19.9 Å². The van der Waals surface area contributed by atoms with Crippen molar-refractivity contribution in [2.45, 2.75) is 38.1 Å². The lowest BCUT2D eigenvalue weighted by molar-refractivity contribution is -0.137. The second-order valence-electron chi connectivity index (χ2n) is 8.44. The number of carboxylic acids is 1. The summed E-state index contributed by atoms with van der Waals surface area (Å²) in [6.07, 6.45) is 6.88. The van der Waals surface area contributed by atoms with Crippen molar-refractivity contribution >= 4 is 17.7 Å². The summed E-state index contributed by atoms with van der Waals surface area (Å²) in [7, 11) is 3.31. The van der Waals surface area contributed by atoms with Gasteiger partial charge in [0.25, 0.3) is 5.91 Å². The molecule has 0 saturated carbocycles. The number of aryl methyl sites for hydroxylation is 4. The molecule has 3 aromatic heterocycles. The molecule has 0 aliphatic carbocycles. The number of methoxy groups -OCH3 is 1. The Kier molecular flexibility index (Phi) is 7.10. The third-order valence-electron chi connectivity index (χ3n) is 5.97. The minimum Gasteiger partial charge on any atom is -0.481 e. The molecule has 178 valence electrons. The van der Waals surface area contributed by atoms with E-state index in [2.05, 4.69) is 27.8 Å². The highest BCUT2D eigenvalue weighted by Gasteiger charge is 2.21. The number of carbonyl (C=O) groups excluding carboxylic acids is 1. The maximum Gasteiger partial charge on any atom is 0.305 e. The van der Waals surface area contributed by atoms with E-state index >= 15 is 0 Å². The highest BCUT2D eigenvalue weighted by molar-refractivity contribution is 5.93. The fourth-order valence-corrected chi connectivity index (χ4v) is 4.15. The van der Waals surface area contributed by atoms with Gasteiger partial charge in [-0.15, -0.1) is 0 Å². The van der Waals surface area contributed by atoms with Gasteiger partial charge in [0.15, 0.2) is 0 Å². The van der Waals surface area contributed by atoms with Crippen LogP contribution in [-0.2, 0) is 31.1 Å². The fraction of sp³-hybridized carbons (Fsp3) is 0.360. The molecule has 0 spiro atoms. The Bertz CT molecular complexity index is 1170. The summed E-state index contributed by atoms with van der Waals surface area (Å²) in [5, 5.41) is 15.5. The van der Waals surface area contributed by atoms with Gasteiger partial charge in [-0.25, -0.2) is 9.97 Å². The Morgan fingerprint density at radius 2 is 2.12 bits per heavy atom. The van der Waals surface area contributed by atoms with Crippen LogP contribution in [0.1, 0.15) is 51.8 Å². The van der Waals surface area contributed by atoms with E-state index in [1.807, 2.05) is 12.3 Å². The van der Waals surface area contributed by atoms with Crippen LogP contribution in [0.5, 0.6) is 5.88 Å². The van der Waals surface area contributed by atoms with Crippen molar-refractivity contribution in [2.24, 2.45) is 7.05 Å². The minimum absolute atomic E-state index is 0.255. The van der Waals surface area contributed by atoms with Crippen molar-refractivity contribution < 1.29 is 19.4 Å². The molecule has 0 saturated heterocycles. The van der Waals surface area contributed by atoms with Gasteiger partial charge in [0.05, 0.1) is 19.6 Å². The number of pyridine rings is 2. The monoisotopic (exact) mass is 463 g/mol. The molecule has 0 radical (unpaired) electrons. The summed E-state index contributed by atoms with van der Waals surface area (Å²) in [6.45, 7) is 0.954. The zero-order valence-electron chi connectivity index (χ0n) is 19.4. The van der Waals surface area contributed by atoms with Gasteiger partial charge in [0.2, 0.25) is 5.88 Å². The van der Waals surface area contributed by atoms with Crippen LogP contribution in [0.4, 0.5) is 5.82 Å². The number of nitrogens with zero attached hydrogens (tertiary/aromatic N) is 3. The molecule has 1 aliphatic rings. The van der Waals surface area contributed by atoms with Crippen molar-refractivity contribution in [3.8, 4) is 5.88 Å². The first kappa shape index (κ1) is 23.3. The first-order valence-electron chi connectivity index (χ1n) is 11.3. The highest BCUT2D eigenvalue weighted by atomic mass is 16.5. The topological polar surface area (TPSA) is 118 Å². The molecule has 1 atom stereocenters. The summed E-state index contributed by atoms with van der Waals surface area (Å²) < 4.78 is 6.82. The van der Waals surface area contributed by atoms with Crippen LogP contribution in [0.25, 0.3) is 0 Å². The van der Waals surface area contributed by atoms with Crippen molar-refractivity contribution in [3.63, 3.8) is 0 Å². The number of aromatic nitrogens is 3. The van der Waals surface area contributed by atoms with Gasteiger partial charge in [-0.2, -0.15) is 0 Å². The lowest BCUT2D eigenvalue weighted by Gasteiger charge is -2.17. The molecule has 1 amide bonds. The van der Waals surface area contributed by atoms with E-state index < -0.39 is 12.0 Å². The molecule has 3 aromatic rings. The number of amides is 1. The Morgan fingerprint density at radius 3 is 2.85 bits per heavy atom. The largest absolute Gasteiger partial charge is 0.481 e.